The molecule has 24 heavy (non-hydrogen) atoms. The summed E-state index contributed by atoms with van der Waals surface area (Å²) in [4.78, 5) is 0.981. The summed E-state index contributed by atoms with van der Waals surface area (Å²) in [5.74, 6) is 0.162. The van der Waals surface area contributed by atoms with Crippen LogP contribution in [0.2, 0.25) is 0 Å². The highest BCUT2D eigenvalue weighted by Crippen LogP contribution is 2.25. The van der Waals surface area contributed by atoms with Gasteiger partial charge in [-0.05, 0) is 64.5 Å². The normalized spacial score (nSPS) is 14.5. The molecule has 0 spiro atoms. The van der Waals surface area contributed by atoms with E-state index in [9.17, 15) is 8.42 Å². The van der Waals surface area contributed by atoms with Crippen molar-refractivity contribution in [3.05, 3.63) is 58.2 Å². The molecule has 0 aliphatic rings. The van der Waals surface area contributed by atoms with E-state index in [0.717, 1.165) is 8.47 Å². The highest BCUT2D eigenvalue weighted by atomic mass is 127. The van der Waals surface area contributed by atoms with Gasteiger partial charge in [0.25, 0.3) is 10.0 Å². The van der Waals surface area contributed by atoms with Gasteiger partial charge in [0.05, 0.1) is 10.8 Å². The zero-order valence-electron chi connectivity index (χ0n) is 12.9. The smallest absolute Gasteiger partial charge is 0.288 e. The summed E-state index contributed by atoms with van der Waals surface area (Å²) < 4.78 is 36.2. The lowest BCUT2D eigenvalue weighted by atomic mass is 10.4. The minimum Gasteiger partial charge on any atom is -0.365 e. The molecule has 0 N–H and O–H groups in total. The maximum absolute atomic E-state index is 12.7. The molecule has 2 atom stereocenters. The Hall–Kier alpha value is -0.480. The van der Waals surface area contributed by atoms with Crippen molar-refractivity contribution in [1.82, 2.24) is 0 Å². The summed E-state index contributed by atoms with van der Waals surface area (Å²) in [6, 6.07) is 15.7. The van der Waals surface area contributed by atoms with Crippen molar-refractivity contribution in [3.63, 3.8) is 0 Å². The molecular weight excluding hydrogens is 481 g/mol. The van der Waals surface area contributed by atoms with Gasteiger partial charge in [-0.2, -0.15) is 8.42 Å². The van der Waals surface area contributed by atoms with Crippen molar-refractivity contribution in [3.8, 4) is 0 Å². The van der Waals surface area contributed by atoms with Crippen LogP contribution in [0.25, 0.3) is 0 Å². The Morgan fingerprint density at radius 1 is 1.17 bits per heavy atom. The molecule has 2 aromatic carbocycles. The van der Waals surface area contributed by atoms with Crippen molar-refractivity contribution in [2.24, 2.45) is 3.77 Å². The van der Waals surface area contributed by atoms with Crippen LogP contribution < -0.4 is 0 Å². The SMILES string of the molecule is CCO[C@H](CCl)[S@](=NS(=O)(=O)c1ccccc1)c1ccccc1I. The number of halogens is 2. The molecule has 2 rings (SSSR count). The van der Waals surface area contributed by atoms with E-state index >= 15 is 0 Å². The summed E-state index contributed by atoms with van der Waals surface area (Å²) in [5, 5.41) is 0. The van der Waals surface area contributed by atoms with Gasteiger partial charge >= 0.3 is 0 Å². The summed E-state index contributed by atoms with van der Waals surface area (Å²) in [6.07, 6.45) is 0. The molecule has 130 valence electrons. The Morgan fingerprint density at radius 2 is 1.79 bits per heavy atom. The van der Waals surface area contributed by atoms with Crippen molar-refractivity contribution < 1.29 is 13.2 Å². The fourth-order valence-corrected chi connectivity index (χ4v) is 7.00. The van der Waals surface area contributed by atoms with E-state index < -0.39 is 26.2 Å². The van der Waals surface area contributed by atoms with Gasteiger partial charge in [-0.15, -0.1) is 15.4 Å². The maximum Gasteiger partial charge on any atom is 0.288 e. The molecule has 0 heterocycles. The Morgan fingerprint density at radius 3 is 2.38 bits per heavy atom. The lowest BCUT2D eigenvalue weighted by Crippen LogP contribution is -2.23. The zero-order chi connectivity index (χ0) is 17.6. The van der Waals surface area contributed by atoms with Crippen molar-refractivity contribution >= 4 is 54.9 Å². The van der Waals surface area contributed by atoms with Crippen molar-refractivity contribution in [2.45, 2.75) is 22.2 Å². The average molecular weight is 498 g/mol. The van der Waals surface area contributed by atoms with E-state index in [0.29, 0.717) is 6.61 Å². The van der Waals surface area contributed by atoms with E-state index in [1.165, 1.54) is 12.1 Å². The lowest BCUT2D eigenvalue weighted by molar-refractivity contribution is 0.137. The van der Waals surface area contributed by atoms with Gasteiger partial charge in [-0.1, -0.05) is 30.3 Å². The quantitative estimate of drug-likeness (QED) is 0.420. The minimum atomic E-state index is -3.80. The first-order chi connectivity index (χ1) is 11.5. The third kappa shape index (κ3) is 5.01. The van der Waals surface area contributed by atoms with Crippen LogP contribution in [-0.4, -0.2) is 26.3 Å². The standard InChI is InChI=1S/C16H17ClINO3S2/c1-2-22-16(12-17)23(15-11-7-6-10-14(15)18)19-24(20,21)13-8-4-3-5-9-13/h3-11,16H,2,12H2,1H3/t16-,23+/m0/s1. The predicted molar refractivity (Wildman–Crippen MR) is 107 cm³/mol. The third-order valence-corrected chi connectivity index (χ3v) is 8.68. The molecule has 0 aliphatic carbocycles. The number of hydrogen-bond acceptors (Lipinski definition) is 3. The van der Waals surface area contributed by atoms with Crippen molar-refractivity contribution in [1.29, 1.82) is 0 Å². The molecule has 0 aromatic heterocycles. The Kier molecular flexibility index (Phi) is 7.67. The van der Waals surface area contributed by atoms with Gasteiger partial charge in [0, 0.05) is 15.1 Å². The topological polar surface area (TPSA) is 55.7 Å². The molecule has 0 saturated carbocycles. The first-order valence-corrected chi connectivity index (χ1v) is 11.5. The van der Waals surface area contributed by atoms with Gasteiger partial charge in [0.2, 0.25) is 0 Å². The fourth-order valence-electron chi connectivity index (χ4n) is 1.94. The molecule has 0 fully saturated rings. The van der Waals surface area contributed by atoms with Gasteiger partial charge in [-0.25, -0.2) is 0 Å². The largest absolute Gasteiger partial charge is 0.365 e. The van der Waals surface area contributed by atoms with Crippen LogP contribution in [-0.2, 0) is 25.5 Å². The summed E-state index contributed by atoms with van der Waals surface area (Å²) in [6.45, 7) is 2.29. The van der Waals surface area contributed by atoms with Crippen molar-refractivity contribution in [2.75, 3.05) is 12.5 Å². The average Bonchev–Trinajstić information content (AvgIpc) is 2.59. The minimum absolute atomic E-state index is 0.162. The highest BCUT2D eigenvalue weighted by molar-refractivity contribution is 14.1. The molecule has 0 aliphatic heterocycles. The van der Waals surface area contributed by atoms with Crippen LogP contribution in [0.15, 0.2) is 68.2 Å². The van der Waals surface area contributed by atoms with E-state index in [2.05, 4.69) is 26.4 Å². The molecule has 0 radical (unpaired) electrons. The maximum atomic E-state index is 12.7. The number of hydrogen-bond donors (Lipinski definition) is 0. The second-order valence-electron chi connectivity index (χ2n) is 4.65. The first-order valence-electron chi connectivity index (χ1n) is 7.18. The van der Waals surface area contributed by atoms with E-state index in [-0.39, 0.29) is 10.8 Å². The van der Waals surface area contributed by atoms with Crippen LogP contribution in [0, 0.1) is 3.57 Å². The Balaban J connectivity index is 2.60. The van der Waals surface area contributed by atoms with E-state index in [4.69, 9.17) is 16.3 Å². The number of sulfonamides is 1. The Bertz CT molecular complexity index is 813. The summed E-state index contributed by atoms with van der Waals surface area (Å²) in [5.41, 5.74) is -0.494. The number of alkyl halides is 1. The number of benzene rings is 2. The second kappa shape index (κ2) is 9.28. The first kappa shape index (κ1) is 19.8. The van der Waals surface area contributed by atoms with Crippen LogP contribution in [0.4, 0.5) is 0 Å². The zero-order valence-corrected chi connectivity index (χ0v) is 17.5. The second-order valence-corrected chi connectivity index (χ2v) is 9.73. The van der Waals surface area contributed by atoms with E-state index in [1.807, 2.05) is 31.2 Å². The molecule has 4 nitrogen and oxygen atoms in total. The number of ether oxygens (including phenoxy) is 1. The third-order valence-electron chi connectivity index (χ3n) is 3.01. The monoisotopic (exact) mass is 497 g/mol. The van der Waals surface area contributed by atoms with Crippen LogP contribution in [0.3, 0.4) is 0 Å². The van der Waals surface area contributed by atoms with Crippen LogP contribution in [0.1, 0.15) is 6.92 Å². The predicted octanol–water partition coefficient (Wildman–Crippen LogP) is 4.44. The number of rotatable bonds is 7. The molecule has 0 unspecified atom stereocenters. The fraction of sp³-hybridized carbons (Fsp3) is 0.250. The Labute approximate surface area is 163 Å². The molecule has 8 heteroatoms. The van der Waals surface area contributed by atoms with Gasteiger partial charge < -0.3 is 4.74 Å². The molecule has 0 saturated heterocycles. The van der Waals surface area contributed by atoms with E-state index in [1.54, 1.807) is 18.2 Å². The van der Waals surface area contributed by atoms with Crippen LogP contribution in [0.5, 0.6) is 0 Å². The van der Waals surface area contributed by atoms with Gasteiger partial charge in [0.1, 0.15) is 5.44 Å². The van der Waals surface area contributed by atoms with Gasteiger partial charge in [-0.3, -0.25) is 0 Å². The lowest BCUT2D eigenvalue weighted by Gasteiger charge is -2.19. The van der Waals surface area contributed by atoms with Crippen LogP contribution >= 0.6 is 34.2 Å². The van der Waals surface area contributed by atoms with Gasteiger partial charge in [0.15, 0.2) is 0 Å². The molecule has 0 amide bonds. The summed E-state index contributed by atoms with van der Waals surface area (Å²) in [7, 11) is -4.83. The summed E-state index contributed by atoms with van der Waals surface area (Å²) >= 11 is 8.22. The highest BCUT2D eigenvalue weighted by Gasteiger charge is 2.22. The number of nitrogens with zero attached hydrogens (tertiary/aromatic N) is 1. The molecular formula is C16H17ClINO3S2. The molecule has 2 aromatic rings. The molecule has 0 bridgehead atoms.